The van der Waals surface area contributed by atoms with Gasteiger partial charge in [0.25, 0.3) is 5.91 Å². The van der Waals surface area contributed by atoms with Crippen LogP contribution in [0.25, 0.3) is 10.6 Å². The molecule has 0 spiro atoms. The van der Waals surface area contributed by atoms with E-state index in [9.17, 15) is 9.59 Å². The molecule has 1 aliphatic carbocycles. The molecule has 1 aliphatic rings. The maximum Gasteiger partial charge on any atom is 0.351 e. The number of aryl methyl sites for hydroxylation is 1. The normalized spacial score (nSPS) is 16.2. The molecular formula is C19H24N2O3S2. The van der Waals surface area contributed by atoms with Crippen molar-refractivity contribution in [2.75, 3.05) is 6.54 Å². The second kappa shape index (κ2) is 8.77. The van der Waals surface area contributed by atoms with E-state index >= 15 is 0 Å². The van der Waals surface area contributed by atoms with Crippen LogP contribution in [0.5, 0.6) is 0 Å². The molecule has 1 fully saturated rings. The van der Waals surface area contributed by atoms with Crippen molar-refractivity contribution in [1.82, 2.24) is 10.3 Å². The summed E-state index contributed by atoms with van der Waals surface area (Å²) in [5.41, 5.74) is 1.64. The monoisotopic (exact) mass is 392 g/mol. The predicted octanol–water partition coefficient (Wildman–Crippen LogP) is 4.42. The Morgan fingerprint density at radius 2 is 2.12 bits per heavy atom. The van der Waals surface area contributed by atoms with Gasteiger partial charge in [0.2, 0.25) is 0 Å². The second-order valence-electron chi connectivity index (χ2n) is 6.74. The van der Waals surface area contributed by atoms with E-state index in [4.69, 9.17) is 4.74 Å². The van der Waals surface area contributed by atoms with Crippen molar-refractivity contribution in [2.24, 2.45) is 5.92 Å². The van der Waals surface area contributed by atoms with E-state index in [0.717, 1.165) is 10.6 Å². The molecule has 0 saturated heterocycles. The maximum absolute atomic E-state index is 12.4. The molecule has 0 bridgehead atoms. The standard InChI is InChI=1S/C19H24N2O3S2/c1-12-16(26-18(21-12)15-8-9-25-11-15)19(23)24-13(2)17(22)20-10-14-6-4-3-5-7-14/h8-9,11,13-14H,3-7,10H2,1-2H3,(H,20,22). The van der Waals surface area contributed by atoms with Crippen molar-refractivity contribution >= 4 is 34.6 Å². The molecule has 26 heavy (non-hydrogen) atoms. The van der Waals surface area contributed by atoms with Crippen LogP contribution in [0, 0.1) is 12.8 Å². The van der Waals surface area contributed by atoms with Crippen molar-refractivity contribution in [3.8, 4) is 10.6 Å². The summed E-state index contributed by atoms with van der Waals surface area (Å²) in [6.07, 6.45) is 5.29. The number of thiophene rings is 1. The molecule has 2 aromatic heterocycles. The summed E-state index contributed by atoms with van der Waals surface area (Å²) >= 11 is 2.89. The molecule has 1 unspecified atom stereocenters. The van der Waals surface area contributed by atoms with Gasteiger partial charge in [0.05, 0.1) is 5.69 Å². The van der Waals surface area contributed by atoms with Crippen LogP contribution in [0.15, 0.2) is 16.8 Å². The van der Waals surface area contributed by atoms with Crippen LogP contribution < -0.4 is 5.32 Å². The molecule has 0 aliphatic heterocycles. The van der Waals surface area contributed by atoms with Crippen LogP contribution in [0.4, 0.5) is 0 Å². The maximum atomic E-state index is 12.4. The fourth-order valence-corrected chi connectivity index (χ4v) is 4.80. The van der Waals surface area contributed by atoms with E-state index in [2.05, 4.69) is 10.3 Å². The van der Waals surface area contributed by atoms with Gasteiger partial charge in [-0.05, 0) is 44.1 Å². The fourth-order valence-electron chi connectivity index (χ4n) is 3.14. The van der Waals surface area contributed by atoms with Gasteiger partial charge in [-0.15, -0.1) is 11.3 Å². The molecule has 7 heteroatoms. The number of hydrogen-bond donors (Lipinski definition) is 1. The van der Waals surface area contributed by atoms with Crippen molar-refractivity contribution in [1.29, 1.82) is 0 Å². The van der Waals surface area contributed by atoms with E-state index in [-0.39, 0.29) is 5.91 Å². The van der Waals surface area contributed by atoms with E-state index in [1.165, 1.54) is 43.4 Å². The lowest BCUT2D eigenvalue weighted by Crippen LogP contribution is -2.38. The molecule has 1 saturated carbocycles. The highest BCUT2D eigenvalue weighted by Crippen LogP contribution is 2.30. The first kappa shape index (κ1) is 19.0. The molecule has 2 heterocycles. The third kappa shape index (κ3) is 4.71. The van der Waals surface area contributed by atoms with Crippen molar-refractivity contribution < 1.29 is 14.3 Å². The second-order valence-corrected chi connectivity index (χ2v) is 8.52. The minimum Gasteiger partial charge on any atom is -0.448 e. The van der Waals surface area contributed by atoms with Gasteiger partial charge < -0.3 is 10.1 Å². The summed E-state index contributed by atoms with van der Waals surface area (Å²) in [6, 6.07) is 1.97. The summed E-state index contributed by atoms with van der Waals surface area (Å²) in [5.74, 6) is -0.168. The molecule has 5 nitrogen and oxygen atoms in total. The number of esters is 1. The number of thiazole rings is 1. The molecule has 1 amide bonds. The van der Waals surface area contributed by atoms with Gasteiger partial charge in [-0.2, -0.15) is 11.3 Å². The number of amides is 1. The van der Waals surface area contributed by atoms with Crippen molar-refractivity contribution in [3.05, 3.63) is 27.4 Å². The van der Waals surface area contributed by atoms with E-state index in [1.807, 2.05) is 16.8 Å². The zero-order chi connectivity index (χ0) is 18.5. The Morgan fingerprint density at radius 3 is 2.81 bits per heavy atom. The zero-order valence-corrected chi connectivity index (χ0v) is 16.8. The van der Waals surface area contributed by atoms with Crippen LogP contribution in [-0.4, -0.2) is 29.5 Å². The van der Waals surface area contributed by atoms with Gasteiger partial charge in [0, 0.05) is 17.5 Å². The van der Waals surface area contributed by atoms with Gasteiger partial charge in [0.15, 0.2) is 6.10 Å². The molecule has 3 rings (SSSR count). The number of rotatable bonds is 6. The Hall–Kier alpha value is -1.73. The number of carbonyl (C=O) groups is 2. The van der Waals surface area contributed by atoms with Crippen molar-refractivity contribution in [3.63, 3.8) is 0 Å². The molecule has 140 valence electrons. The number of hydrogen-bond acceptors (Lipinski definition) is 6. The Labute approximate surface area is 161 Å². The van der Waals surface area contributed by atoms with Gasteiger partial charge in [-0.1, -0.05) is 19.3 Å². The Bertz CT molecular complexity index is 749. The van der Waals surface area contributed by atoms with Crippen LogP contribution >= 0.6 is 22.7 Å². The van der Waals surface area contributed by atoms with Crippen LogP contribution in [0.1, 0.15) is 54.4 Å². The molecule has 0 aromatic carbocycles. The highest BCUT2D eigenvalue weighted by Gasteiger charge is 2.24. The largest absolute Gasteiger partial charge is 0.448 e. The number of nitrogens with one attached hydrogen (secondary N) is 1. The summed E-state index contributed by atoms with van der Waals surface area (Å²) in [6.45, 7) is 4.07. The minimum atomic E-state index is -0.808. The average Bonchev–Trinajstić information content (AvgIpc) is 3.30. The highest BCUT2D eigenvalue weighted by molar-refractivity contribution is 7.17. The van der Waals surface area contributed by atoms with E-state index in [0.29, 0.717) is 23.0 Å². The number of aromatic nitrogens is 1. The Morgan fingerprint density at radius 1 is 1.35 bits per heavy atom. The molecular weight excluding hydrogens is 368 g/mol. The lowest BCUT2D eigenvalue weighted by molar-refractivity contribution is -0.129. The van der Waals surface area contributed by atoms with Crippen LogP contribution in [-0.2, 0) is 9.53 Å². The summed E-state index contributed by atoms with van der Waals surface area (Å²) in [7, 11) is 0. The fraction of sp³-hybridized carbons (Fsp3) is 0.526. The van der Waals surface area contributed by atoms with Crippen molar-refractivity contribution in [2.45, 2.75) is 52.1 Å². The summed E-state index contributed by atoms with van der Waals surface area (Å²) < 4.78 is 5.37. The molecule has 0 radical (unpaired) electrons. The van der Waals surface area contributed by atoms with E-state index < -0.39 is 12.1 Å². The third-order valence-corrected chi connectivity index (χ3v) is 6.56. The first-order chi connectivity index (χ1) is 12.5. The Kier molecular flexibility index (Phi) is 6.43. The smallest absolute Gasteiger partial charge is 0.351 e. The molecule has 1 atom stereocenters. The van der Waals surface area contributed by atoms with Gasteiger partial charge in [-0.3, -0.25) is 4.79 Å². The minimum absolute atomic E-state index is 0.232. The van der Waals surface area contributed by atoms with Gasteiger partial charge in [-0.25, -0.2) is 9.78 Å². The molecule has 2 aromatic rings. The summed E-state index contributed by atoms with van der Waals surface area (Å²) in [5, 5.41) is 7.69. The molecule has 1 N–H and O–H groups in total. The van der Waals surface area contributed by atoms with Crippen LogP contribution in [0.2, 0.25) is 0 Å². The van der Waals surface area contributed by atoms with Crippen LogP contribution in [0.3, 0.4) is 0 Å². The first-order valence-electron chi connectivity index (χ1n) is 9.03. The Balaban J connectivity index is 1.54. The number of nitrogens with zero attached hydrogens (tertiary/aromatic N) is 1. The average molecular weight is 393 g/mol. The topological polar surface area (TPSA) is 68.3 Å². The lowest BCUT2D eigenvalue weighted by Gasteiger charge is -2.22. The first-order valence-corrected chi connectivity index (χ1v) is 10.8. The third-order valence-electron chi connectivity index (χ3n) is 4.69. The van der Waals surface area contributed by atoms with Gasteiger partial charge in [0.1, 0.15) is 9.88 Å². The number of ether oxygens (including phenoxy) is 1. The highest BCUT2D eigenvalue weighted by atomic mass is 32.1. The predicted molar refractivity (Wildman–Crippen MR) is 105 cm³/mol. The van der Waals surface area contributed by atoms with Gasteiger partial charge >= 0.3 is 5.97 Å². The lowest BCUT2D eigenvalue weighted by atomic mass is 9.89. The number of carbonyl (C=O) groups excluding carboxylic acids is 2. The quantitative estimate of drug-likeness (QED) is 0.739. The van der Waals surface area contributed by atoms with E-state index in [1.54, 1.807) is 25.2 Å². The SMILES string of the molecule is Cc1nc(-c2ccsc2)sc1C(=O)OC(C)C(=O)NCC1CCCCC1. The zero-order valence-electron chi connectivity index (χ0n) is 15.1. The summed E-state index contributed by atoms with van der Waals surface area (Å²) in [4.78, 5) is 29.6.